The number of thioether (sulfide) groups is 1. The smallest absolute Gasteiger partial charge is 0.325 e. The molecule has 1 aromatic heterocycles. The number of aromatic nitrogens is 2. The van der Waals surface area contributed by atoms with Gasteiger partial charge in [0.15, 0.2) is 5.16 Å². The minimum Gasteiger partial charge on any atom is -0.325 e. The molecule has 4 rings (SSSR count). The van der Waals surface area contributed by atoms with Gasteiger partial charge in [0.25, 0.3) is 0 Å². The molecule has 0 fully saturated rings. The first-order chi connectivity index (χ1) is 15.8. The normalized spacial score (nSPS) is 11.4. The summed E-state index contributed by atoms with van der Waals surface area (Å²) >= 11 is 1.16. The summed E-state index contributed by atoms with van der Waals surface area (Å²) in [6, 6.07) is 21.8. The van der Waals surface area contributed by atoms with Gasteiger partial charge in [-0.05, 0) is 37.3 Å². The van der Waals surface area contributed by atoms with Gasteiger partial charge in [-0.2, -0.15) is 13.2 Å². The third-order valence-corrected chi connectivity index (χ3v) is 5.85. The van der Waals surface area contributed by atoms with E-state index < -0.39 is 11.7 Å². The molecule has 1 heterocycles. The van der Waals surface area contributed by atoms with E-state index in [4.69, 9.17) is 0 Å². The number of imidazole rings is 1. The molecule has 0 spiro atoms. The largest absolute Gasteiger partial charge is 0.416 e. The van der Waals surface area contributed by atoms with Gasteiger partial charge in [-0.25, -0.2) is 4.98 Å². The Kier molecular flexibility index (Phi) is 6.55. The van der Waals surface area contributed by atoms with E-state index in [1.807, 2.05) is 61.5 Å². The summed E-state index contributed by atoms with van der Waals surface area (Å²) in [5, 5.41) is 3.24. The van der Waals surface area contributed by atoms with E-state index in [9.17, 15) is 18.0 Å². The highest BCUT2D eigenvalue weighted by molar-refractivity contribution is 7.99. The Morgan fingerprint density at radius 2 is 1.73 bits per heavy atom. The van der Waals surface area contributed by atoms with Crippen LogP contribution in [0.3, 0.4) is 0 Å². The molecule has 3 aromatic carbocycles. The number of anilines is 1. The van der Waals surface area contributed by atoms with Gasteiger partial charge >= 0.3 is 6.18 Å². The zero-order valence-electron chi connectivity index (χ0n) is 17.6. The van der Waals surface area contributed by atoms with Gasteiger partial charge in [-0.15, -0.1) is 0 Å². The second-order valence-electron chi connectivity index (χ2n) is 7.38. The first kappa shape index (κ1) is 22.7. The first-order valence-electron chi connectivity index (χ1n) is 10.1. The zero-order valence-corrected chi connectivity index (χ0v) is 18.5. The van der Waals surface area contributed by atoms with Crippen molar-refractivity contribution in [2.75, 3.05) is 11.1 Å². The lowest BCUT2D eigenvalue weighted by molar-refractivity contribution is -0.137. The molecule has 0 atom stereocenters. The number of rotatable bonds is 6. The summed E-state index contributed by atoms with van der Waals surface area (Å²) in [5.41, 5.74) is 2.77. The average molecular weight is 468 g/mol. The van der Waals surface area contributed by atoms with Crippen LogP contribution in [0.1, 0.15) is 11.1 Å². The van der Waals surface area contributed by atoms with E-state index in [-0.39, 0.29) is 11.7 Å². The maximum Gasteiger partial charge on any atom is 0.416 e. The minimum absolute atomic E-state index is 0.0537. The number of nitrogens with zero attached hydrogens (tertiary/aromatic N) is 2. The van der Waals surface area contributed by atoms with Gasteiger partial charge < -0.3 is 5.32 Å². The van der Waals surface area contributed by atoms with Crippen molar-refractivity contribution in [3.8, 4) is 16.9 Å². The Hall–Kier alpha value is -3.52. The lowest BCUT2D eigenvalue weighted by Crippen LogP contribution is -2.14. The highest BCUT2D eigenvalue weighted by atomic mass is 32.2. The van der Waals surface area contributed by atoms with Crippen LogP contribution in [0, 0.1) is 6.92 Å². The van der Waals surface area contributed by atoms with Crippen LogP contribution in [0.2, 0.25) is 0 Å². The zero-order chi connectivity index (χ0) is 23.4. The number of benzene rings is 3. The van der Waals surface area contributed by atoms with Crippen LogP contribution >= 0.6 is 11.8 Å². The lowest BCUT2D eigenvalue weighted by atomic mass is 10.1. The third kappa shape index (κ3) is 5.46. The van der Waals surface area contributed by atoms with Gasteiger partial charge in [0.2, 0.25) is 5.91 Å². The van der Waals surface area contributed by atoms with E-state index in [1.165, 1.54) is 6.07 Å². The quantitative estimate of drug-likeness (QED) is 0.325. The predicted molar refractivity (Wildman–Crippen MR) is 125 cm³/mol. The summed E-state index contributed by atoms with van der Waals surface area (Å²) in [5.74, 6) is -0.179. The van der Waals surface area contributed by atoms with Crippen molar-refractivity contribution in [3.05, 3.63) is 96.2 Å². The molecule has 33 heavy (non-hydrogen) atoms. The Morgan fingerprint density at radius 1 is 1.00 bits per heavy atom. The van der Waals surface area contributed by atoms with Gasteiger partial charge in [-0.3, -0.25) is 9.36 Å². The molecule has 0 aliphatic heterocycles. The molecule has 0 saturated heterocycles. The Labute approximate surface area is 193 Å². The number of alkyl halides is 3. The number of hydrogen-bond donors (Lipinski definition) is 1. The van der Waals surface area contributed by atoms with Gasteiger partial charge in [0.1, 0.15) is 0 Å². The van der Waals surface area contributed by atoms with Crippen molar-refractivity contribution in [2.45, 2.75) is 18.3 Å². The molecule has 0 unspecified atom stereocenters. The maximum absolute atomic E-state index is 13.3. The fourth-order valence-electron chi connectivity index (χ4n) is 3.28. The summed E-state index contributed by atoms with van der Waals surface area (Å²) in [7, 11) is 0. The monoisotopic (exact) mass is 467 g/mol. The molecule has 0 saturated carbocycles. The third-order valence-electron chi connectivity index (χ3n) is 4.90. The second kappa shape index (κ2) is 9.54. The summed E-state index contributed by atoms with van der Waals surface area (Å²) in [6.07, 6.45) is -2.86. The summed E-state index contributed by atoms with van der Waals surface area (Å²) in [6.45, 7) is 1.96. The molecular weight excluding hydrogens is 447 g/mol. The van der Waals surface area contributed by atoms with Crippen LogP contribution in [0.25, 0.3) is 16.9 Å². The van der Waals surface area contributed by atoms with E-state index in [1.54, 1.807) is 16.8 Å². The molecule has 1 amide bonds. The number of nitrogens with one attached hydrogen (secondary N) is 1. The standard InChI is InChI=1S/C25H20F3N3OS/c1-17-10-12-20(13-11-17)30-23(32)16-33-24-29-15-22(18-6-3-2-4-7-18)31(24)21-9-5-8-19(14-21)25(26,27)28/h2-15H,16H2,1H3,(H,30,32). The minimum atomic E-state index is -4.47. The van der Waals surface area contributed by atoms with Crippen molar-refractivity contribution in [3.63, 3.8) is 0 Å². The van der Waals surface area contributed by atoms with Gasteiger partial charge in [0, 0.05) is 16.9 Å². The molecule has 0 aliphatic carbocycles. The van der Waals surface area contributed by atoms with Crippen molar-refractivity contribution in [1.29, 1.82) is 0 Å². The van der Waals surface area contributed by atoms with Crippen LogP contribution in [-0.2, 0) is 11.0 Å². The molecule has 1 N–H and O–H groups in total. The fourth-order valence-corrected chi connectivity index (χ4v) is 4.08. The number of halogens is 3. The lowest BCUT2D eigenvalue weighted by Gasteiger charge is -2.14. The van der Waals surface area contributed by atoms with Crippen LogP contribution in [0.5, 0.6) is 0 Å². The molecule has 4 aromatic rings. The van der Waals surface area contributed by atoms with E-state index >= 15 is 0 Å². The number of hydrogen-bond acceptors (Lipinski definition) is 3. The number of carbonyl (C=O) groups excluding carboxylic acids is 1. The number of aryl methyl sites for hydroxylation is 1. The van der Waals surface area contributed by atoms with Gasteiger partial charge in [-0.1, -0.05) is 65.9 Å². The van der Waals surface area contributed by atoms with Crippen LogP contribution in [0.15, 0.2) is 90.2 Å². The van der Waals surface area contributed by atoms with Crippen molar-refractivity contribution in [1.82, 2.24) is 9.55 Å². The molecular formula is C25H20F3N3OS. The summed E-state index contributed by atoms with van der Waals surface area (Å²) < 4.78 is 41.7. The number of amides is 1. The van der Waals surface area contributed by atoms with Gasteiger partial charge in [0.05, 0.1) is 23.2 Å². The van der Waals surface area contributed by atoms with Crippen molar-refractivity contribution < 1.29 is 18.0 Å². The Balaban J connectivity index is 1.64. The fraction of sp³-hybridized carbons (Fsp3) is 0.120. The van der Waals surface area contributed by atoms with Crippen LogP contribution in [0.4, 0.5) is 18.9 Å². The highest BCUT2D eigenvalue weighted by Gasteiger charge is 2.31. The highest BCUT2D eigenvalue weighted by Crippen LogP contribution is 2.34. The van der Waals surface area contributed by atoms with Crippen LogP contribution < -0.4 is 5.32 Å². The molecule has 0 radical (unpaired) electrons. The van der Waals surface area contributed by atoms with E-state index in [0.29, 0.717) is 22.2 Å². The molecule has 0 bridgehead atoms. The summed E-state index contributed by atoms with van der Waals surface area (Å²) in [4.78, 5) is 16.9. The number of carbonyl (C=O) groups is 1. The maximum atomic E-state index is 13.3. The molecule has 0 aliphatic rings. The molecule has 8 heteroatoms. The SMILES string of the molecule is Cc1ccc(NC(=O)CSc2ncc(-c3ccccc3)n2-c2cccc(C(F)(F)F)c2)cc1. The Morgan fingerprint density at radius 3 is 2.42 bits per heavy atom. The Bertz CT molecular complexity index is 1250. The van der Waals surface area contributed by atoms with Crippen molar-refractivity contribution >= 4 is 23.4 Å². The first-order valence-corrected chi connectivity index (χ1v) is 11.1. The topological polar surface area (TPSA) is 46.9 Å². The molecule has 4 nitrogen and oxygen atoms in total. The second-order valence-corrected chi connectivity index (χ2v) is 8.32. The molecule has 168 valence electrons. The van der Waals surface area contributed by atoms with Crippen molar-refractivity contribution in [2.24, 2.45) is 0 Å². The van der Waals surface area contributed by atoms with E-state index in [2.05, 4.69) is 10.3 Å². The predicted octanol–water partition coefficient (Wildman–Crippen LogP) is 6.60. The average Bonchev–Trinajstić information content (AvgIpc) is 3.23. The van der Waals surface area contributed by atoms with E-state index in [0.717, 1.165) is 35.0 Å². The van der Waals surface area contributed by atoms with Crippen LogP contribution in [-0.4, -0.2) is 21.2 Å².